The van der Waals surface area contributed by atoms with Crippen molar-refractivity contribution in [2.24, 2.45) is 0 Å². The minimum atomic E-state index is -3.47. The molecule has 2 heterocycles. The molecule has 20 heavy (non-hydrogen) atoms. The molecule has 110 valence electrons. The summed E-state index contributed by atoms with van der Waals surface area (Å²) < 4.78 is 25.7. The molecule has 1 aromatic rings. The van der Waals surface area contributed by atoms with Crippen LogP contribution < -0.4 is 0 Å². The lowest BCUT2D eigenvalue weighted by molar-refractivity contribution is 0.0660. The third-order valence-electron chi connectivity index (χ3n) is 4.59. The Morgan fingerprint density at radius 3 is 2.55 bits per heavy atom. The largest absolute Gasteiger partial charge is 0.392 e. The van der Waals surface area contributed by atoms with Gasteiger partial charge >= 0.3 is 0 Å². The van der Waals surface area contributed by atoms with Gasteiger partial charge in [0.2, 0.25) is 0 Å². The first-order chi connectivity index (χ1) is 9.50. The van der Waals surface area contributed by atoms with Crippen molar-refractivity contribution < 1.29 is 13.5 Å². The van der Waals surface area contributed by atoms with Crippen LogP contribution in [0.5, 0.6) is 0 Å². The molecule has 2 aliphatic heterocycles. The highest BCUT2D eigenvalue weighted by Gasteiger charge is 2.47. The van der Waals surface area contributed by atoms with E-state index < -0.39 is 21.2 Å². The van der Waals surface area contributed by atoms with Crippen molar-refractivity contribution in [2.45, 2.75) is 48.5 Å². The highest BCUT2D eigenvalue weighted by Crippen LogP contribution is 2.34. The molecule has 0 unspecified atom stereocenters. The molecule has 0 aliphatic carbocycles. The maximum atomic E-state index is 12.9. The Balaban J connectivity index is 1.98. The summed E-state index contributed by atoms with van der Waals surface area (Å²) in [5.74, 6) is 0. The van der Waals surface area contributed by atoms with Gasteiger partial charge in [-0.2, -0.15) is 0 Å². The maximum Gasteiger partial charge on any atom is 0.185 e. The molecule has 0 spiro atoms. The Labute approximate surface area is 120 Å². The molecule has 0 aromatic heterocycles. The van der Waals surface area contributed by atoms with Gasteiger partial charge in [-0.05, 0) is 44.9 Å². The molecule has 0 saturated carbocycles. The zero-order chi connectivity index (χ0) is 14.3. The van der Waals surface area contributed by atoms with Gasteiger partial charge in [0.05, 0.1) is 11.0 Å². The Kier molecular flexibility index (Phi) is 3.60. The van der Waals surface area contributed by atoms with Crippen molar-refractivity contribution in [1.82, 2.24) is 4.90 Å². The lowest BCUT2D eigenvalue weighted by Crippen LogP contribution is -2.54. The zero-order valence-corrected chi connectivity index (χ0v) is 12.5. The molecule has 2 fully saturated rings. The van der Waals surface area contributed by atoms with Crippen LogP contribution >= 0.6 is 0 Å². The van der Waals surface area contributed by atoms with E-state index in [1.807, 2.05) is 19.1 Å². The zero-order valence-electron chi connectivity index (χ0n) is 11.7. The van der Waals surface area contributed by atoms with Crippen LogP contribution in [0.15, 0.2) is 29.2 Å². The lowest BCUT2D eigenvalue weighted by atomic mass is 9.99. The van der Waals surface area contributed by atoms with Crippen molar-refractivity contribution in [3.8, 4) is 0 Å². The van der Waals surface area contributed by atoms with Crippen LogP contribution in [-0.2, 0) is 9.84 Å². The van der Waals surface area contributed by atoms with Crippen LogP contribution in [0.4, 0.5) is 0 Å². The van der Waals surface area contributed by atoms with E-state index >= 15 is 0 Å². The molecule has 3 rings (SSSR count). The van der Waals surface area contributed by atoms with E-state index in [4.69, 9.17) is 0 Å². The van der Waals surface area contributed by atoms with E-state index in [-0.39, 0.29) is 6.04 Å². The number of rotatable bonds is 2. The van der Waals surface area contributed by atoms with Crippen LogP contribution in [0.1, 0.15) is 24.8 Å². The van der Waals surface area contributed by atoms with Crippen molar-refractivity contribution in [2.75, 3.05) is 13.1 Å². The SMILES string of the molecule is Cc1ccc(S(=O)(=O)[C@@H]2[C@H](O)CCN3CCC[C@@H]23)cc1. The standard InChI is InChI=1S/C15H21NO3S/c1-11-4-6-12(7-5-11)20(18,19)15-13-3-2-9-16(13)10-8-14(15)17/h4-7,13-15,17H,2-3,8-10H2,1H3/t13-,14+,15-/m0/s1. The molecule has 1 aromatic carbocycles. The van der Waals surface area contributed by atoms with Gasteiger partial charge in [0.25, 0.3) is 0 Å². The molecule has 5 heteroatoms. The summed E-state index contributed by atoms with van der Waals surface area (Å²) in [5.41, 5.74) is 1.04. The number of nitrogens with zero attached hydrogens (tertiary/aromatic N) is 1. The molecule has 0 radical (unpaired) electrons. The Bertz CT molecular complexity index is 582. The fraction of sp³-hybridized carbons (Fsp3) is 0.600. The first-order valence-corrected chi connectivity index (χ1v) is 8.77. The van der Waals surface area contributed by atoms with E-state index in [0.29, 0.717) is 11.3 Å². The monoisotopic (exact) mass is 295 g/mol. The minimum absolute atomic E-state index is 0.0231. The molecule has 3 atom stereocenters. The van der Waals surface area contributed by atoms with Crippen LogP contribution in [0.25, 0.3) is 0 Å². The number of aliphatic hydroxyl groups excluding tert-OH is 1. The smallest absolute Gasteiger partial charge is 0.185 e. The van der Waals surface area contributed by atoms with E-state index in [2.05, 4.69) is 4.90 Å². The normalized spacial score (nSPS) is 31.2. The van der Waals surface area contributed by atoms with Gasteiger partial charge in [0.1, 0.15) is 5.25 Å². The van der Waals surface area contributed by atoms with Crippen LogP contribution in [0.2, 0.25) is 0 Å². The summed E-state index contributed by atoms with van der Waals surface area (Å²) in [7, 11) is -3.47. The molecule has 4 nitrogen and oxygen atoms in total. The quantitative estimate of drug-likeness (QED) is 0.895. The molecule has 0 amide bonds. The summed E-state index contributed by atoms with van der Waals surface area (Å²) >= 11 is 0. The molecular weight excluding hydrogens is 274 g/mol. The van der Waals surface area contributed by atoms with Gasteiger partial charge in [0.15, 0.2) is 9.84 Å². The fourth-order valence-corrected chi connectivity index (χ4v) is 5.62. The second kappa shape index (κ2) is 5.13. The molecule has 2 saturated heterocycles. The van der Waals surface area contributed by atoms with Crippen molar-refractivity contribution in [3.05, 3.63) is 29.8 Å². The summed E-state index contributed by atoms with van der Waals surface area (Å²) in [6.07, 6.45) is 1.69. The maximum absolute atomic E-state index is 12.9. The first kappa shape index (κ1) is 14.0. The van der Waals surface area contributed by atoms with E-state index in [1.165, 1.54) is 0 Å². The molecule has 2 aliphatic rings. The van der Waals surface area contributed by atoms with Gasteiger partial charge in [-0.15, -0.1) is 0 Å². The number of benzene rings is 1. The number of hydrogen-bond acceptors (Lipinski definition) is 4. The average molecular weight is 295 g/mol. The highest BCUT2D eigenvalue weighted by atomic mass is 32.2. The van der Waals surface area contributed by atoms with Gasteiger partial charge in [-0.25, -0.2) is 8.42 Å². The van der Waals surface area contributed by atoms with Gasteiger partial charge in [-0.1, -0.05) is 17.7 Å². The topological polar surface area (TPSA) is 57.6 Å². The third-order valence-corrected chi connectivity index (χ3v) is 6.87. The van der Waals surface area contributed by atoms with Crippen molar-refractivity contribution in [1.29, 1.82) is 0 Å². The highest BCUT2D eigenvalue weighted by molar-refractivity contribution is 7.92. The number of sulfone groups is 1. The molecule has 0 bridgehead atoms. The fourth-order valence-electron chi connectivity index (χ4n) is 3.52. The summed E-state index contributed by atoms with van der Waals surface area (Å²) in [6, 6.07) is 6.92. The van der Waals surface area contributed by atoms with Crippen LogP contribution in [0, 0.1) is 6.92 Å². The van der Waals surface area contributed by atoms with Crippen molar-refractivity contribution in [3.63, 3.8) is 0 Å². The predicted molar refractivity (Wildman–Crippen MR) is 77.4 cm³/mol. The summed E-state index contributed by atoms with van der Waals surface area (Å²) in [5, 5.41) is 9.58. The van der Waals surface area contributed by atoms with Crippen molar-refractivity contribution >= 4 is 9.84 Å². The second-order valence-corrected chi connectivity index (χ2v) is 8.03. The third kappa shape index (κ3) is 2.28. The van der Waals surface area contributed by atoms with E-state index in [9.17, 15) is 13.5 Å². The second-order valence-electron chi connectivity index (χ2n) is 5.92. The Morgan fingerprint density at radius 1 is 1.15 bits per heavy atom. The number of aliphatic hydroxyl groups is 1. The minimum Gasteiger partial charge on any atom is -0.392 e. The molecular formula is C15H21NO3S. The van der Waals surface area contributed by atoms with Crippen LogP contribution in [-0.4, -0.2) is 48.9 Å². The van der Waals surface area contributed by atoms with Gasteiger partial charge in [0, 0.05) is 12.6 Å². The first-order valence-electron chi connectivity index (χ1n) is 7.23. The van der Waals surface area contributed by atoms with Crippen LogP contribution in [0.3, 0.4) is 0 Å². The number of aryl methyl sites for hydroxylation is 1. The molecule has 1 N–H and O–H groups in total. The summed E-state index contributed by atoms with van der Waals surface area (Å²) in [4.78, 5) is 2.56. The lowest BCUT2D eigenvalue weighted by Gasteiger charge is -2.39. The number of fused-ring (bicyclic) bond motifs is 1. The Morgan fingerprint density at radius 2 is 1.85 bits per heavy atom. The Hall–Kier alpha value is -0.910. The van der Waals surface area contributed by atoms with E-state index in [0.717, 1.165) is 31.5 Å². The van der Waals surface area contributed by atoms with Gasteiger partial charge < -0.3 is 5.11 Å². The summed E-state index contributed by atoms with van der Waals surface area (Å²) in [6.45, 7) is 3.70. The van der Waals surface area contributed by atoms with E-state index in [1.54, 1.807) is 12.1 Å². The number of piperidine rings is 1. The predicted octanol–water partition coefficient (Wildman–Crippen LogP) is 1.37. The number of hydrogen-bond donors (Lipinski definition) is 1. The van der Waals surface area contributed by atoms with Gasteiger partial charge in [-0.3, -0.25) is 4.90 Å². The average Bonchev–Trinajstić information content (AvgIpc) is 2.86.